The van der Waals surface area contributed by atoms with E-state index < -0.39 is 11.0 Å². The van der Waals surface area contributed by atoms with Crippen molar-refractivity contribution in [2.75, 3.05) is 20.3 Å². The smallest absolute Gasteiger partial charge is 0.109 e. The molecule has 3 nitrogen and oxygen atoms in total. The topological polar surface area (TPSA) is 42.2 Å². The summed E-state index contributed by atoms with van der Waals surface area (Å²) in [5, 5.41) is 9.15. The van der Waals surface area contributed by atoms with Gasteiger partial charge in [0.1, 0.15) is 5.60 Å². The van der Waals surface area contributed by atoms with Crippen molar-refractivity contribution in [3.63, 3.8) is 0 Å². The highest BCUT2D eigenvalue weighted by Gasteiger charge is 2.47. The van der Waals surface area contributed by atoms with Crippen LogP contribution in [0, 0.1) is 16.7 Å². The maximum Gasteiger partial charge on any atom is 0.109 e. The standard InChI is InChI=1S/C11H19NO2/c1-10(2,8-12)11(9-13-3)6-4-5-7-14-11/h4-7,9H2,1-3H3. The third kappa shape index (κ3) is 1.92. The zero-order valence-corrected chi connectivity index (χ0v) is 9.30. The first-order valence-corrected chi connectivity index (χ1v) is 5.12. The summed E-state index contributed by atoms with van der Waals surface area (Å²) in [5.74, 6) is 0. The molecule has 1 fully saturated rings. The zero-order valence-electron chi connectivity index (χ0n) is 9.30. The molecular formula is C11H19NO2. The van der Waals surface area contributed by atoms with Gasteiger partial charge in [-0.25, -0.2) is 0 Å². The minimum Gasteiger partial charge on any atom is -0.382 e. The fourth-order valence-electron chi connectivity index (χ4n) is 1.97. The van der Waals surface area contributed by atoms with Crippen LogP contribution in [-0.2, 0) is 9.47 Å². The van der Waals surface area contributed by atoms with E-state index in [1.54, 1.807) is 7.11 Å². The largest absolute Gasteiger partial charge is 0.382 e. The Labute approximate surface area is 86.0 Å². The molecule has 80 valence electrons. The Morgan fingerprint density at radius 2 is 2.21 bits per heavy atom. The maximum absolute atomic E-state index is 9.15. The van der Waals surface area contributed by atoms with Crippen LogP contribution in [-0.4, -0.2) is 25.9 Å². The quantitative estimate of drug-likeness (QED) is 0.696. The van der Waals surface area contributed by atoms with Crippen LogP contribution in [0.25, 0.3) is 0 Å². The predicted molar refractivity (Wildman–Crippen MR) is 53.8 cm³/mol. The highest BCUT2D eigenvalue weighted by Crippen LogP contribution is 2.40. The number of hydrogen-bond donors (Lipinski definition) is 0. The van der Waals surface area contributed by atoms with Gasteiger partial charge < -0.3 is 9.47 Å². The van der Waals surface area contributed by atoms with E-state index >= 15 is 0 Å². The Bertz CT molecular complexity index is 218. The minimum absolute atomic E-state index is 0.408. The second-order valence-electron chi connectivity index (χ2n) is 4.47. The highest BCUT2D eigenvalue weighted by molar-refractivity contribution is 5.08. The van der Waals surface area contributed by atoms with E-state index in [1.807, 2.05) is 13.8 Å². The number of hydrogen-bond acceptors (Lipinski definition) is 3. The van der Waals surface area contributed by atoms with Crippen molar-refractivity contribution < 1.29 is 9.47 Å². The van der Waals surface area contributed by atoms with Gasteiger partial charge in [0.25, 0.3) is 0 Å². The monoisotopic (exact) mass is 197 g/mol. The van der Waals surface area contributed by atoms with Gasteiger partial charge >= 0.3 is 0 Å². The lowest BCUT2D eigenvalue weighted by Crippen LogP contribution is -2.52. The second kappa shape index (κ2) is 4.29. The number of nitriles is 1. The molecule has 0 amide bonds. The van der Waals surface area contributed by atoms with Crippen LogP contribution in [0.3, 0.4) is 0 Å². The normalized spacial score (nSPS) is 28.4. The molecule has 1 aliphatic rings. The fraction of sp³-hybridized carbons (Fsp3) is 0.909. The second-order valence-corrected chi connectivity index (χ2v) is 4.47. The summed E-state index contributed by atoms with van der Waals surface area (Å²) < 4.78 is 11.0. The van der Waals surface area contributed by atoms with Gasteiger partial charge in [0, 0.05) is 13.7 Å². The van der Waals surface area contributed by atoms with Gasteiger partial charge in [-0.2, -0.15) is 5.26 Å². The van der Waals surface area contributed by atoms with Crippen LogP contribution in [0.15, 0.2) is 0 Å². The molecule has 0 aromatic rings. The highest BCUT2D eigenvalue weighted by atomic mass is 16.5. The summed E-state index contributed by atoms with van der Waals surface area (Å²) in [5.41, 5.74) is -0.891. The van der Waals surface area contributed by atoms with E-state index in [0.29, 0.717) is 6.61 Å². The summed E-state index contributed by atoms with van der Waals surface area (Å²) >= 11 is 0. The van der Waals surface area contributed by atoms with Gasteiger partial charge in [-0.1, -0.05) is 0 Å². The van der Waals surface area contributed by atoms with Crippen LogP contribution < -0.4 is 0 Å². The first-order valence-electron chi connectivity index (χ1n) is 5.12. The Hall–Kier alpha value is -0.590. The van der Waals surface area contributed by atoms with Gasteiger partial charge in [-0.15, -0.1) is 0 Å². The molecule has 1 unspecified atom stereocenters. The summed E-state index contributed by atoms with van der Waals surface area (Å²) in [7, 11) is 1.66. The Balaban J connectivity index is 2.86. The van der Waals surface area contributed by atoms with E-state index in [9.17, 15) is 0 Å². The third-order valence-electron chi connectivity index (χ3n) is 3.15. The number of methoxy groups -OCH3 is 1. The van der Waals surface area contributed by atoms with Crippen LogP contribution in [0.2, 0.25) is 0 Å². The van der Waals surface area contributed by atoms with Crippen molar-refractivity contribution in [2.24, 2.45) is 5.41 Å². The van der Waals surface area contributed by atoms with Gasteiger partial charge in [0.15, 0.2) is 0 Å². The predicted octanol–water partition coefficient (Wildman–Crippen LogP) is 2.12. The lowest BCUT2D eigenvalue weighted by atomic mass is 9.72. The molecule has 1 atom stereocenters. The summed E-state index contributed by atoms with van der Waals surface area (Å²) in [6.45, 7) is 5.11. The van der Waals surface area contributed by atoms with Crippen LogP contribution in [0.5, 0.6) is 0 Å². The average molecular weight is 197 g/mol. The number of nitrogens with zero attached hydrogens (tertiary/aromatic N) is 1. The van der Waals surface area contributed by atoms with Gasteiger partial charge in [0.05, 0.1) is 18.1 Å². The minimum atomic E-state index is -0.483. The molecule has 0 radical (unpaired) electrons. The molecule has 1 aliphatic heterocycles. The summed E-state index contributed by atoms with van der Waals surface area (Å²) in [6, 6.07) is 2.33. The molecule has 1 rings (SSSR count). The molecular weight excluding hydrogens is 178 g/mol. The summed E-state index contributed by atoms with van der Waals surface area (Å²) in [4.78, 5) is 0. The van der Waals surface area contributed by atoms with Crippen molar-refractivity contribution in [3.8, 4) is 6.07 Å². The van der Waals surface area contributed by atoms with E-state index in [1.165, 1.54) is 0 Å². The van der Waals surface area contributed by atoms with Crippen molar-refractivity contribution in [1.82, 2.24) is 0 Å². The average Bonchev–Trinajstić information content (AvgIpc) is 2.19. The molecule has 1 saturated heterocycles. The molecule has 0 spiro atoms. The van der Waals surface area contributed by atoms with Gasteiger partial charge in [-0.3, -0.25) is 0 Å². The Kier molecular flexibility index (Phi) is 3.52. The molecule has 1 heterocycles. The SMILES string of the molecule is COCC1(C(C)(C)C#N)CCCCO1. The molecule has 14 heavy (non-hydrogen) atoms. The first-order chi connectivity index (χ1) is 6.58. The van der Waals surface area contributed by atoms with E-state index in [0.717, 1.165) is 25.9 Å². The third-order valence-corrected chi connectivity index (χ3v) is 3.15. The molecule has 0 aromatic carbocycles. The van der Waals surface area contributed by atoms with Gasteiger partial charge in [0.2, 0.25) is 0 Å². The molecule has 0 aromatic heterocycles. The van der Waals surface area contributed by atoms with Crippen LogP contribution >= 0.6 is 0 Å². The number of ether oxygens (including phenoxy) is 2. The van der Waals surface area contributed by atoms with Crippen molar-refractivity contribution in [1.29, 1.82) is 5.26 Å². The van der Waals surface area contributed by atoms with Crippen LogP contribution in [0.4, 0.5) is 0 Å². The molecule has 0 saturated carbocycles. The van der Waals surface area contributed by atoms with Crippen molar-refractivity contribution in [3.05, 3.63) is 0 Å². The maximum atomic E-state index is 9.15. The summed E-state index contributed by atoms with van der Waals surface area (Å²) in [6.07, 6.45) is 3.13. The zero-order chi connectivity index (χ0) is 10.7. The molecule has 3 heteroatoms. The number of rotatable bonds is 3. The Morgan fingerprint density at radius 1 is 1.50 bits per heavy atom. The van der Waals surface area contributed by atoms with E-state index in [-0.39, 0.29) is 0 Å². The Morgan fingerprint density at radius 3 is 2.64 bits per heavy atom. The van der Waals surface area contributed by atoms with E-state index in [4.69, 9.17) is 14.7 Å². The van der Waals surface area contributed by atoms with Gasteiger partial charge in [-0.05, 0) is 33.1 Å². The van der Waals surface area contributed by atoms with E-state index in [2.05, 4.69) is 6.07 Å². The molecule has 0 bridgehead atoms. The fourth-order valence-corrected chi connectivity index (χ4v) is 1.97. The van der Waals surface area contributed by atoms with Crippen LogP contribution in [0.1, 0.15) is 33.1 Å². The molecule has 0 aliphatic carbocycles. The lowest BCUT2D eigenvalue weighted by molar-refractivity contribution is -0.161. The lowest BCUT2D eigenvalue weighted by Gasteiger charge is -2.44. The van der Waals surface area contributed by atoms with Crippen molar-refractivity contribution in [2.45, 2.75) is 38.7 Å². The molecule has 0 N–H and O–H groups in total. The van der Waals surface area contributed by atoms with Crippen molar-refractivity contribution >= 4 is 0 Å². The first kappa shape index (κ1) is 11.5.